The molecule has 0 aromatic carbocycles. The molecule has 3 heteroatoms. The number of carbonyl (C=O) groups is 1. The van der Waals surface area contributed by atoms with Crippen LogP contribution in [0.5, 0.6) is 0 Å². The van der Waals surface area contributed by atoms with E-state index in [4.69, 9.17) is 4.74 Å². The van der Waals surface area contributed by atoms with Gasteiger partial charge in [0.15, 0.2) is 0 Å². The molecule has 0 amide bonds. The van der Waals surface area contributed by atoms with Crippen molar-refractivity contribution < 1.29 is 14.3 Å². The number of esters is 1. The van der Waals surface area contributed by atoms with Crippen molar-refractivity contribution >= 4 is 5.97 Å². The van der Waals surface area contributed by atoms with Gasteiger partial charge in [0.25, 0.3) is 0 Å². The number of hydrogen-bond donors (Lipinski definition) is 0. The van der Waals surface area contributed by atoms with E-state index in [0.29, 0.717) is 12.0 Å². The predicted octanol–water partition coefficient (Wildman–Crippen LogP) is 1.53. The molecule has 0 spiro atoms. The van der Waals surface area contributed by atoms with Crippen LogP contribution in [-0.4, -0.2) is 26.3 Å². The predicted molar refractivity (Wildman–Crippen MR) is 49.3 cm³/mol. The third kappa shape index (κ3) is 2.10. The lowest BCUT2D eigenvalue weighted by Gasteiger charge is -2.41. The maximum Gasteiger partial charge on any atom is 0.333 e. The molecule has 0 radical (unpaired) electrons. The van der Waals surface area contributed by atoms with E-state index in [1.165, 1.54) is 7.11 Å². The fraction of sp³-hybridized carbons (Fsp3) is 0.700. The quantitative estimate of drug-likeness (QED) is 0.491. The summed E-state index contributed by atoms with van der Waals surface area (Å²) in [4.78, 5) is 11.1. The summed E-state index contributed by atoms with van der Waals surface area (Å²) in [5.41, 5.74) is 0.693. The van der Waals surface area contributed by atoms with Gasteiger partial charge in [0.05, 0.1) is 20.3 Å². The molecule has 1 heterocycles. The van der Waals surface area contributed by atoms with Crippen molar-refractivity contribution in [1.82, 2.24) is 0 Å². The van der Waals surface area contributed by atoms with Crippen LogP contribution < -0.4 is 0 Å². The molecule has 1 aliphatic heterocycles. The topological polar surface area (TPSA) is 35.5 Å². The molecule has 1 rings (SSSR count). The minimum atomic E-state index is -0.306. The third-order valence-corrected chi connectivity index (χ3v) is 2.63. The van der Waals surface area contributed by atoms with Gasteiger partial charge in [-0.3, -0.25) is 0 Å². The molecule has 0 N–H and O–H groups in total. The third-order valence-electron chi connectivity index (χ3n) is 2.63. The Morgan fingerprint density at radius 3 is 2.54 bits per heavy atom. The first-order valence-electron chi connectivity index (χ1n) is 4.47. The number of methoxy groups -OCH3 is 1. The van der Waals surface area contributed by atoms with Crippen LogP contribution in [0, 0.1) is 5.41 Å². The van der Waals surface area contributed by atoms with Gasteiger partial charge in [-0.05, 0) is 12.8 Å². The first-order valence-corrected chi connectivity index (χ1v) is 4.47. The fourth-order valence-electron chi connectivity index (χ4n) is 1.49. The van der Waals surface area contributed by atoms with Gasteiger partial charge in [0.1, 0.15) is 0 Å². The van der Waals surface area contributed by atoms with E-state index in [1.807, 2.05) is 0 Å². The van der Waals surface area contributed by atoms with Crippen LogP contribution in [0.4, 0.5) is 0 Å². The molecule has 0 atom stereocenters. The standard InChI is InChI=1S/C10H16O3/c1-4-10(6-13-7-10)5-8(2)9(11)12-3/h2,4-7H2,1,3H3. The van der Waals surface area contributed by atoms with Gasteiger partial charge in [0, 0.05) is 11.0 Å². The SMILES string of the molecule is C=C(CC1(CC)COC1)C(=O)OC. The van der Waals surface area contributed by atoms with Crippen LogP contribution in [0.15, 0.2) is 12.2 Å². The summed E-state index contributed by atoms with van der Waals surface area (Å²) in [5, 5.41) is 0. The Bertz CT molecular complexity index is 211. The lowest BCUT2D eigenvalue weighted by Crippen LogP contribution is -2.42. The number of rotatable bonds is 4. The van der Waals surface area contributed by atoms with Crippen molar-refractivity contribution in [2.45, 2.75) is 19.8 Å². The Morgan fingerprint density at radius 1 is 1.62 bits per heavy atom. The van der Waals surface area contributed by atoms with Gasteiger partial charge in [-0.25, -0.2) is 4.79 Å². The highest BCUT2D eigenvalue weighted by molar-refractivity contribution is 5.87. The Morgan fingerprint density at radius 2 is 2.23 bits per heavy atom. The van der Waals surface area contributed by atoms with Crippen molar-refractivity contribution in [3.05, 3.63) is 12.2 Å². The Hall–Kier alpha value is -0.830. The minimum Gasteiger partial charge on any atom is -0.466 e. The summed E-state index contributed by atoms with van der Waals surface area (Å²) in [6.45, 7) is 7.29. The second-order valence-corrected chi connectivity index (χ2v) is 3.62. The van der Waals surface area contributed by atoms with Gasteiger partial charge in [-0.15, -0.1) is 0 Å². The van der Waals surface area contributed by atoms with E-state index < -0.39 is 0 Å². The highest BCUT2D eigenvalue weighted by Gasteiger charge is 2.38. The molecule has 74 valence electrons. The van der Waals surface area contributed by atoms with Gasteiger partial charge in [0.2, 0.25) is 0 Å². The summed E-state index contributed by atoms with van der Waals surface area (Å²) >= 11 is 0. The monoisotopic (exact) mass is 184 g/mol. The van der Waals surface area contributed by atoms with Crippen molar-refractivity contribution in [2.75, 3.05) is 20.3 Å². The maximum absolute atomic E-state index is 11.1. The van der Waals surface area contributed by atoms with Crippen LogP contribution in [-0.2, 0) is 14.3 Å². The van der Waals surface area contributed by atoms with Gasteiger partial charge in [-0.2, -0.15) is 0 Å². The molecule has 0 unspecified atom stereocenters. The summed E-state index contributed by atoms with van der Waals surface area (Å²) in [6.07, 6.45) is 1.71. The molecule has 0 bridgehead atoms. The lowest BCUT2D eigenvalue weighted by molar-refractivity contribution is -0.140. The van der Waals surface area contributed by atoms with Crippen molar-refractivity contribution in [1.29, 1.82) is 0 Å². The Balaban J connectivity index is 2.47. The molecular weight excluding hydrogens is 168 g/mol. The molecule has 1 saturated heterocycles. The second kappa shape index (κ2) is 3.92. The number of carbonyl (C=O) groups excluding carboxylic acids is 1. The molecule has 1 aliphatic rings. The zero-order valence-corrected chi connectivity index (χ0v) is 8.26. The summed E-state index contributed by atoms with van der Waals surface area (Å²) in [6, 6.07) is 0. The van der Waals surface area contributed by atoms with Gasteiger partial charge < -0.3 is 9.47 Å². The molecule has 0 aromatic rings. The first-order chi connectivity index (χ1) is 6.13. The zero-order valence-electron chi connectivity index (χ0n) is 8.26. The lowest BCUT2D eigenvalue weighted by atomic mass is 9.78. The van der Waals surface area contributed by atoms with Crippen LogP contribution >= 0.6 is 0 Å². The van der Waals surface area contributed by atoms with E-state index in [-0.39, 0.29) is 11.4 Å². The molecule has 0 saturated carbocycles. The van der Waals surface area contributed by atoms with E-state index >= 15 is 0 Å². The number of ether oxygens (including phenoxy) is 2. The van der Waals surface area contributed by atoms with Crippen LogP contribution in [0.3, 0.4) is 0 Å². The van der Waals surface area contributed by atoms with Crippen molar-refractivity contribution in [3.8, 4) is 0 Å². The largest absolute Gasteiger partial charge is 0.466 e. The Labute approximate surface area is 78.7 Å². The molecular formula is C10H16O3. The van der Waals surface area contributed by atoms with Crippen molar-refractivity contribution in [3.63, 3.8) is 0 Å². The molecule has 3 nitrogen and oxygen atoms in total. The molecule has 0 aromatic heterocycles. The van der Waals surface area contributed by atoms with Gasteiger partial charge in [-0.1, -0.05) is 13.5 Å². The van der Waals surface area contributed by atoms with Crippen LogP contribution in [0.25, 0.3) is 0 Å². The highest BCUT2D eigenvalue weighted by atomic mass is 16.5. The molecule has 1 fully saturated rings. The molecule has 0 aliphatic carbocycles. The molecule has 13 heavy (non-hydrogen) atoms. The van der Waals surface area contributed by atoms with E-state index in [0.717, 1.165) is 19.6 Å². The minimum absolute atomic E-state index is 0.144. The van der Waals surface area contributed by atoms with E-state index in [9.17, 15) is 4.79 Å². The maximum atomic E-state index is 11.1. The zero-order chi connectivity index (χ0) is 9.90. The van der Waals surface area contributed by atoms with E-state index in [2.05, 4.69) is 18.2 Å². The summed E-state index contributed by atoms with van der Waals surface area (Å²) < 4.78 is 9.74. The summed E-state index contributed by atoms with van der Waals surface area (Å²) in [5.74, 6) is -0.306. The van der Waals surface area contributed by atoms with E-state index in [1.54, 1.807) is 0 Å². The first kappa shape index (κ1) is 10.3. The normalized spacial score (nSPS) is 18.9. The van der Waals surface area contributed by atoms with Crippen LogP contribution in [0.2, 0.25) is 0 Å². The highest BCUT2D eigenvalue weighted by Crippen LogP contribution is 2.37. The average Bonchev–Trinajstić information content (AvgIpc) is 2.09. The van der Waals surface area contributed by atoms with Crippen LogP contribution in [0.1, 0.15) is 19.8 Å². The summed E-state index contributed by atoms with van der Waals surface area (Å²) in [7, 11) is 1.38. The fourth-order valence-corrected chi connectivity index (χ4v) is 1.49. The average molecular weight is 184 g/mol. The van der Waals surface area contributed by atoms with Gasteiger partial charge >= 0.3 is 5.97 Å². The number of hydrogen-bond acceptors (Lipinski definition) is 3. The van der Waals surface area contributed by atoms with Crippen molar-refractivity contribution in [2.24, 2.45) is 5.41 Å². The Kier molecular flexibility index (Phi) is 3.09. The second-order valence-electron chi connectivity index (χ2n) is 3.62. The smallest absolute Gasteiger partial charge is 0.333 e.